The largest absolute Gasteiger partial charge is 0.468 e. The van der Waals surface area contributed by atoms with Gasteiger partial charge in [0.2, 0.25) is 5.91 Å². The molecule has 182 valence electrons. The van der Waals surface area contributed by atoms with Crippen LogP contribution in [0.4, 0.5) is 11.4 Å². The van der Waals surface area contributed by atoms with E-state index in [0.29, 0.717) is 44.0 Å². The molecule has 2 heterocycles. The van der Waals surface area contributed by atoms with Gasteiger partial charge in [-0.1, -0.05) is 35.5 Å². The Balaban J connectivity index is 1.57. The Hall–Kier alpha value is -3.93. The van der Waals surface area contributed by atoms with Crippen LogP contribution in [-0.2, 0) is 9.59 Å². The fraction of sp³-hybridized carbons (Fsp3) is 0.148. The number of nitrogens with one attached hydrogen (secondary N) is 3. The maximum absolute atomic E-state index is 13.3. The molecule has 4 rings (SSSR count). The lowest BCUT2D eigenvalue weighted by molar-refractivity contribution is -0.114. The van der Waals surface area contributed by atoms with Crippen molar-refractivity contribution in [1.82, 2.24) is 5.32 Å². The smallest absolute Gasteiger partial charge is 0.254 e. The third kappa shape index (κ3) is 5.82. The molecular formula is C27H23ClN4O3S. The van der Waals surface area contributed by atoms with Gasteiger partial charge in [-0.2, -0.15) is 5.26 Å². The summed E-state index contributed by atoms with van der Waals surface area (Å²) in [6, 6.07) is 19.9. The second-order valence-corrected chi connectivity index (χ2v) is 9.56. The number of benzene rings is 2. The van der Waals surface area contributed by atoms with Gasteiger partial charge in [0.05, 0.1) is 40.2 Å². The van der Waals surface area contributed by atoms with Crippen molar-refractivity contribution in [3.05, 3.63) is 105 Å². The number of hydrogen-bond donors (Lipinski definition) is 3. The Kier molecular flexibility index (Phi) is 7.84. The highest BCUT2D eigenvalue weighted by Gasteiger charge is 2.36. The monoisotopic (exact) mass is 518 g/mol. The lowest BCUT2D eigenvalue weighted by Crippen LogP contribution is -2.31. The molecule has 9 heteroatoms. The number of hydrogen-bond acceptors (Lipinski definition) is 6. The van der Waals surface area contributed by atoms with Crippen molar-refractivity contribution in [2.24, 2.45) is 0 Å². The van der Waals surface area contributed by atoms with Gasteiger partial charge in [-0.3, -0.25) is 9.59 Å². The number of carbonyl (C=O) groups is 2. The number of amides is 2. The molecule has 7 nitrogen and oxygen atoms in total. The first-order valence-electron chi connectivity index (χ1n) is 11.1. The molecule has 1 aromatic heterocycles. The van der Waals surface area contributed by atoms with E-state index < -0.39 is 5.92 Å². The summed E-state index contributed by atoms with van der Waals surface area (Å²) in [6.07, 6.45) is 1.50. The van der Waals surface area contributed by atoms with Gasteiger partial charge in [0.1, 0.15) is 5.76 Å². The quantitative estimate of drug-likeness (QED) is 0.357. The molecule has 1 unspecified atom stereocenters. The van der Waals surface area contributed by atoms with Gasteiger partial charge in [0.25, 0.3) is 5.91 Å². The summed E-state index contributed by atoms with van der Waals surface area (Å²) in [5, 5.41) is 20.0. The first-order valence-corrected chi connectivity index (χ1v) is 12.4. The molecule has 0 bridgehead atoms. The van der Waals surface area contributed by atoms with Crippen LogP contribution in [0, 0.1) is 18.3 Å². The molecule has 0 saturated heterocycles. The number of halogens is 1. The van der Waals surface area contributed by atoms with Gasteiger partial charge in [-0.25, -0.2) is 0 Å². The second kappa shape index (κ2) is 11.2. The van der Waals surface area contributed by atoms with Crippen molar-refractivity contribution in [2.75, 3.05) is 16.4 Å². The van der Waals surface area contributed by atoms with E-state index in [-0.39, 0.29) is 17.6 Å². The zero-order valence-corrected chi connectivity index (χ0v) is 21.2. The number of dihydropyridines is 1. The molecule has 3 aromatic rings. The predicted octanol–water partition coefficient (Wildman–Crippen LogP) is 5.95. The standard InChI is InChI=1S/C27H23ClN4O3S/c1-16-5-3-6-20(13-16)31-23(33)15-36-27-21(14-29)25(22-7-4-12-35-22)24(17(2)30-27)26(34)32-19-10-8-18(28)9-11-19/h3-13,25,30H,15H2,1-2H3,(H,31,33)(H,32,34). The van der Waals surface area contributed by atoms with Crippen LogP contribution in [0.25, 0.3) is 0 Å². The van der Waals surface area contributed by atoms with Crippen LogP contribution in [0.1, 0.15) is 24.2 Å². The summed E-state index contributed by atoms with van der Waals surface area (Å²) in [4.78, 5) is 25.9. The molecular weight excluding hydrogens is 496 g/mol. The minimum atomic E-state index is -0.735. The lowest BCUT2D eigenvalue weighted by Gasteiger charge is -2.28. The van der Waals surface area contributed by atoms with E-state index in [2.05, 4.69) is 22.0 Å². The van der Waals surface area contributed by atoms with Crippen LogP contribution in [0.5, 0.6) is 0 Å². The number of rotatable bonds is 7. The van der Waals surface area contributed by atoms with Crippen LogP contribution in [0.15, 0.2) is 93.2 Å². The number of nitriles is 1. The Morgan fingerprint density at radius 3 is 2.53 bits per heavy atom. The number of anilines is 2. The zero-order valence-electron chi connectivity index (χ0n) is 19.6. The van der Waals surface area contributed by atoms with Crippen LogP contribution >= 0.6 is 23.4 Å². The van der Waals surface area contributed by atoms with Crippen molar-refractivity contribution in [3.63, 3.8) is 0 Å². The average Bonchev–Trinajstić information content (AvgIpc) is 3.38. The van der Waals surface area contributed by atoms with Crippen molar-refractivity contribution < 1.29 is 14.0 Å². The van der Waals surface area contributed by atoms with Crippen molar-refractivity contribution in [1.29, 1.82) is 5.26 Å². The topological polar surface area (TPSA) is 107 Å². The fourth-order valence-corrected chi connectivity index (χ4v) is 4.87. The predicted molar refractivity (Wildman–Crippen MR) is 142 cm³/mol. The minimum absolute atomic E-state index is 0.0753. The van der Waals surface area contributed by atoms with Crippen molar-refractivity contribution in [3.8, 4) is 6.07 Å². The van der Waals surface area contributed by atoms with E-state index >= 15 is 0 Å². The van der Waals surface area contributed by atoms with Crippen LogP contribution in [-0.4, -0.2) is 17.6 Å². The van der Waals surface area contributed by atoms with E-state index in [1.165, 1.54) is 18.0 Å². The Morgan fingerprint density at radius 2 is 1.86 bits per heavy atom. The molecule has 0 spiro atoms. The second-order valence-electron chi connectivity index (χ2n) is 8.13. The summed E-state index contributed by atoms with van der Waals surface area (Å²) in [6.45, 7) is 3.71. The van der Waals surface area contributed by atoms with Gasteiger partial charge in [0.15, 0.2) is 0 Å². The van der Waals surface area contributed by atoms with E-state index in [9.17, 15) is 14.9 Å². The Bertz CT molecular complexity index is 1390. The number of allylic oxidation sites excluding steroid dienone is 2. The molecule has 3 N–H and O–H groups in total. The fourth-order valence-electron chi connectivity index (χ4n) is 3.86. The number of carbonyl (C=O) groups excluding carboxylic acids is 2. The molecule has 0 fully saturated rings. The zero-order chi connectivity index (χ0) is 25.7. The molecule has 1 atom stereocenters. The van der Waals surface area contributed by atoms with Crippen LogP contribution < -0.4 is 16.0 Å². The normalized spacial score (nSPS) is 15.2. The molecule has 36 heavy (non-hydrogen) atoms. The molecule has 0 saturated carbocycles. The van der Waals surface area contributed by atoms with Gasteiger partial charge < -0.3 is 20.4 Å². The Morgan fingerprint density at radius 1 is 1.08 bits per heavy atom. The van der Waals surface area contributed by atoms with Crippen LogP contribution in [0.3, 0.4) is 0 Å². The minimum Gasteiger partial charge on any atom is -0.468 e. The number of furan rings is 1. The summed E-state index contributed by atoms with van der Waals surface area (Å²) in [5.41, 5.74) is 3.52. The number of thioether (sulfide) groups is 1. The average molecular weight is 519 g/mol. The molecule has 0 radical (unpaired) electrons. The van der Waals surface area contributed by atoms with E-state index in [1.54, 1.807) is 43.3 Å². The lowest BCUT2D eigenvalue weighted by atomic mass is 9.85. The van der Waals surface area contributed by atoms with Gasteiger partial charge in [-0.15, -0.1) is 0 Å². The van der Waals surface area contributed by atoms with Gasteiger partial charge >= 0.3 is 0 Å². The van der Waals surface area contributed by atoms with Crippen LogP contribution in [0.2, 0.25) is 5.02 Å². The maximum Gasteiger partial charge on any atom is 0.254 e. The first-order chi connectivity index (χ1) is 17.4. The van der Waals surface area contributed by atoms with E-state index in [0.717, 1.165) is 5.56 Å². The highest BCUT2D eigenvalue weighted by Crippen LogP contribution is 2.41. The first kappa shape index (κ1) is 25.2. The van der Waals surface area contributed by atoms with E-state index in [1.807, 2.05) is 31.2 Å². The van der Waals surface area contributed by atoms with E-state index in [4.69, 9.17) is 16.0 Å². The third-order valence-electron chi connectivity index (χ3n) is 5.47. The summed E-state index contributed by atoms with van der Waals surface area (Å²) >= 11 is 7.15. The van der Waals surface area contributed by atoms with Gasteiger partial charge in [-0.05, 0) is 67.9 Å². The third-order valence-corrected chi connectivity index (χ3v) is 6.74. The van der Waals surface area contributed by atoms with Crippen molar-refractivity contribution in [2.45, 2.75) is 19.8 Å². The summed E-state index contributed by atoms with van der Waals surface area (Å²) in [5.74, 6) is -0.791. The maximum atomic E-state index is 13.3. The van der Waals surface area contributed by atoms with Gasteiger partial charge in [0, 0.05) is 22.1 Å². The number of nitrogens with zero attached hydrogens (tertiary/aromatic N) is 1. The molecule has 2 aromatic carbocycles. The highest BCUT2D eigenvalue weighted by molar-refractivity contribution is 8.03. The molecule has 2 amide bonds. The molecule has 1 aliphatic heterocycles. The number of aryl methyl sites for hydroxylation is 1. The molecule has 1 aliphatic rings. The van der Waals surface area contributed by atoms with Crippen molar-refractivity contribution >= 4 is 46.6 Å². The summed E-state index contributed by atoms with van der Waals surface area (Å²) in [7, 11) is 0. The summed E-state index contributed by atoms with van der Waals surface area (Å²) < 4.78 is 5.63. The highest BCUT2D eigenvalue weighted by atomic mass is 35.5. The SMILES string of the molecule is CC1=C(C(=O)Nc2ccc(Cl)cc2)C(c2ccco2)C(C#N)=C(SCC(=O)Nc2cccc(C)c2)N1. The Labute approximate surface area is 218 Å². The molecule has 0 aliphatic carbocycles.